The van der Waals surface area contributed by atoms with Crippen LogP contribution in [0.1, 0.15) is 17.4 Å². The van der Waals surface area contributed by atoms with E-state index in [-0.39, 0.29) is 11.4 Å². The molecule has 0 radical (unpaired) electrons. The number of ether oxygens (including phenoxy) is 4. The van der Waals surface area contributed by atoms with Gasteiger partial charge in [0.2, 0.25) is 10.0 Å². The molecule has 2 heterocycles. The molecule has 1 unspecified atom stereocenters. The maximum Gasteiger partial charge on any atom is 0.432 e. The monoisotopic (exact) mass is 580 g/mol. The maximum absolute atomic E-state index is 13.7. The van der Waals surface area contributed by atoms with Gasteiger partial charge in [0.25, 0.3) is 0 Å². The first-order chi connectivity index (χ1) is 19.9. The Morgan fingerprint density at radius 3 is 2.37 bits per heavy atom. The first-order valence-electron chi connectivity index (χ1n) is 12.6. The predicted octanol–water partition coefficient (Wildman–Crippen LogP) is 4.12. The Labute approximate surface area is 236 Å². The van der Waals surface area contributed by atoms with Crippen molar-refractivity contribution in [3.05, 3.63) is 96.6 Å². The summed E-state index contributed by atoms with van der Waals surface area (Å²) < 4.78 is 52.5. The van der Waals surface area contributed by atoms with E-state index in [0.717, 1.165) is 9.87 Å². The number of nitrogens with one attached hydrogen (secondary N) is 1. The summed E-state index contributed by atoms with van der Waals surface area (Å²) in [6.45, 7) is 1.04. The maximum atomic E-state index is 13.7. The molecule has 0 bridgehead atoms. The van der Waals surface area contributed by atoms with Gasteiger partial charge in [-0.15, -0.1) is 0 Å². The molecule has 2 N–H and O–H groups in total. The number of benzene rings is 3. The predicted molar refractivity (Wildman–Crippen MR) is 145 cm³/mol. The molecule has 1 atom stereocenters. The van der Waals surface area contributed by atoms with E-state index in [4.69, 9.17) is 24.2 Å². The van der Waals surface area contributed by atoms with Gasteiger partial charge in [0.15, 0.2) is 6.23 Å². The third kappa shape index (κ3) is 6.43. The van der Waals surface area contributed by atoms with E-state index in [1.807, 2.05) is 10.8 Å². The lowest BCUT2D eigenvalue weighted by Gasteiger charge is -2.35. The van der Waals surface area contributed by atoms with E-state index in [1.54, 1.807) is 74.2 Å². The van der Waals surface area contributed by atoms with Gasteiger partial charge in [-0.1, -0.05) is 0 Å². The average Bonchev–Trinajstić information content (AvgIpc) is 3.51. The van der Waals surface area contributed by atoms with Crippen molar-refractivity contribution in [2.75, 3.05) is 20.3 Å². The summed E-state index contributed by atoms with van der Waals surface area (Å²) in [4.78, 5) is 16.0. The SMILES string of the molecule is COc1ccc(Oc2ccc(S(=O)(=O)N3CCc4cc(OCCn5ccnc5)ccc4C3OC(=O)NO)cc2)cc1. The van der Waals surface area contributed by atoms with E-state index < -0.39 is 22.3 Å². The van der Waals surface area contributed by atoms with Crippen LogP contribution in [0.2, 0.25) is 0 Å². The fourth-order valence-electron chi connectivity index (χ4n) is 4.41. The number of rotatable bonds is 10. The highest BCUT2D eigenvalue weighted by atomic mass is 32.2. The first-order valence-corrected chi connectivity index (χ1v) is 14.1. The van der Waals surface area contributed by atoms with Gasteiger partial charge < -0.3 is 23.5 Å². The van der Waals surface area contributed by atoms with Crippen LogP contribution in [0.5, 0.6) is 23.0 Å². The number of hydrogen-bond donors (Lipinski definition) is 2. The van der Waals surface area contributed by atoms with Crippen molar-refractivity contribution in [2.45, 2.75) is 24.1 Å². The first kappa shape index (κ1) is 28.0. The summed E-state index contributed by atoms with van der Waals surface area (Å²) in [5.41, 5.74) is 2.63. The Kier molecular flexibility index (Phi) is 8.38. The van der Waals surface area contributed by atoms with Crippen LogP contribution in [0.3, 0.4) is 0 Å². The zero-order valence-corrected chi connectivity index (χ0v) is 22.9. The molecule has 0 fully saturated rings. The molecule has 0 saturated heterocycles. The molecular formula is C28H28N4O8S. The second-order valence-electron chi connectivity index (χ2n) is 8.99. The molecule has 1 aliphatic rings. The van der Waals surface area contributed by atoms with Gasteiger partial charge in [-0.05, 0) is 78.7 Å². The zero-order chi connectivity index (χ0) is 28.8. The van der Waals surface area contributed by atoms with Crippen LogP contribution in [0.25, 0.3) is 0 Å². The van der Waals surface area contributed by atoms with Crippen molar-refractivity contribution < 1.29 is 37.4 Å². The van der Waals surface area contributed by atoms with Gasteiger partial charge in [0.1, 0.15) is 29.6 Å². The minimum absolute atomic E-state index is 0.0134. The summed E-state index contributed by atoms with van der Waals surface area (Å²) in [5.74, 6) is 2.27. The number of fused-ring (bicyclic) bond motifs is 1. The molecule has 0 spiro atoms. The number of carbonyl (C=O) groups is 1. The van der Waals surface area contributed by atoms with Crippen molar-refractivity contribution in [3.63, 3.8) is 0 Å². The van der Waals surface area contributed by atoms with Crippen LogP contribution in [0.4, 0.5) is 4.79 Å². The average molecular weight is 581 g/mol. The van der Waals surface area contributed by atoms with Crippen molar-refractivity contribution in [2.24, 2.45) is 0 Å². The number of nitrogens with zero attached hydrogens (tertiary/aromatic N) is 3. The van der Waals surface area contributed by atoms with Gasteiger partial charge in [0.05, 0.1) is 24.9 Å². The molecule has 5 rings (SSSR count). The van der Waals surface area contributed by atoms with Crippen LogP contribution in [-0.4, -0.2) is 53.8 Å². The quantitative estimate of drug-likeness (QED) is 0.209. The highest BCUT2D eigenvalue weighted by Crippen LogP contribution is 2.37. The Morgan fingerprint density at radius 1 is 1.02 bits per heavy atom. The number of hydrogen-bond acceptors (Lipinski definition) is 9. The number of imidazole rings is 1. The van der Waals surface area contributed by atoms with Crippen molar-refractivity contribution in [3.8, 4) is 23.0 Å². The molecule has 1 aromatic heterocycles. The van der Waals surface area contributed by atoms with E-state index in [2.05, 4.69) is 4.98 Å². The molecule has 4 aromatic rings. The highest BCUT2D eigenvalue weighted by molar-refractivity contribution is 7.89. The number of hydroxylamine groups is 1. The van der Waals surface area contributed by atoms with Crippen molar-refractivity contribution in [1.29, 1.82) is 0 Å². The number of sulfonamides is 1. The largest absolute Gasteiger partial charge is 0.497 e. The molecule has 1 amide bonds. The van der Waals surface area contributed by atoms with Crippen LogP contribution in [-0.2, 0) is 27.7 Å². The summed E-state index contributed by atoms with van der Waals surface area (Å²) in [6.07, 6.45) is 3.07. The smallest absolute Gasteiger partial charge is 0.432 e. The molecule has 0 saturated carbocycles. The third-order valence-electron chi connectivity index (χ3n) is 6.46. The minimum Gasteiger partial charge on any atom is -0.497 e. The second-order valence-corrected chi connectivity index (χ2v) is 10.9. The lowest BCUT2D eigenvalue weighted by atomic mass is 9.99. The second kappa shape index (κ2) is 12.3. The lowest BCUT2D eigenvalue weighted by Crippen LogP contribution is -2.43. The number of methoxy groups -OCH3 is 1. The third-order valence-corrected chi connectivity index (χ3v) is 8.32. The Balaban J connectivity index is 1.34. The summed E-state index contributed by atoms with van der Waals surface area (Å²) in [7, 11) is -2.55. The normalized spacial score (nSPS) is 15.0. The topological polar surface area (TPSA) is 141 Å². The van der Waals surface area contributed by atoms with E-state index in [1.165, 1.54) is 17.6 Å². The van der Waals surface area contributed by atoms with Gasteiger partial charge in [-0.25, -0.2) is 23.7 Å². The summed E-state index contributed by atoms with van der Waals surface area (Å²) in [5, 5.41) is 9.08. The van der Waals surface area contributed by atoms with Crippen molar-refractivity contribution >= 4 is 16.1 Å². The molecular weight excluding hydrogens is 552 g/mol. The van der Waals surface area contributed by atoms with Gasteiger partial charge in [-0.2, -0.15) is 4.31 Å². The van der Waals surface area contributed by atoms with E-state index >= 15 is 0 Å². The lowest BCUT2D eigenvalue weighted by molar-refractivity contribution is 0.00231. The fourth-order valence-corrected chi connectivity index (χ4v) is 5.90. The van der Waals surface area contributed by atoms with Crippen molar-refractivity contribution in [1.82, 2.24) is 19.3 Å². The van der Waals surface area contributed by atoms with E-state index in [0.29, 0.717) is 48.1 Å². The van der Waals surface area contributed by atoms with Gasteiger partial charge in [0, 0.05) is 24.5 Å². The molecule has 0 aliphatic carbocycles. The Bertz CT molecular complexity index is 1580. The van der Waals surface area contributed by atoms with Crippen LogP contribution in [0, 0.1) is 0 Å². The molecule has 1 aliphatic heterocycles. The van der Waals surface area contributed by atoms with Gasteiger partial charge >= 0.3 is 6.09 Å². The van der Waals surface area contributed by atoms with Crippen LogP contribution in [0.15, 0.2) is 90.3 Å². The number of aromatic nitrogens is 2. The molecule has 12 nitrogen and oxygen atoms in total. The highest BCUT2D eigenvalue weighted by Gasteiger charge is 2.39. The summed E-state index contributed by atoms with van der Waals surface area (Å²) in [6, 6.07) is 18.0. The minimum atomic E-state index is -4.12. The molecule has 13 heteroatoms. The zero-order valence-electron chi connectivity index (χ0n) is 22.0. The van der Waals surface area contributed by atoms with Crippen LogP contribution < -0.4 is 19.7 Å². The Hall–Kier alpha value is -4.59. The van der Waals surface area contributed by atoms with Crippen LogP contribution >= 0.6 is 0 Å². The molecule has 214 valence electrons. The Morgan fingerprint density at radius 2 is 1.71 bits per heavy atom. The number of amides is 1. The molecule has 41 heavy (non-hydrogen) atoms. The van der Waals surface area contributed by atoms with Gasteiger partial charge in [-0.3, -0.25) is 5.21 Å². The number of carbonyl (C=O) groups excluding carboxylic acids is 1. The van der Waals surface area contributed by atoms with E-state index in [9.17, 15) is 13.2 Å². The summed E-state index contributed by atoms with van der Waals surface area (Å²) >= 11 is 0. The fraction of sp³-hybridized carbons (Fsp3) is 0.214. The standard InChI is InChI=1S/C28H28N4O8S/c1-37-21-2-4-22(5-3-21)39-23-6-9-25(10-7-23)41(35,36)32-14-12-20-18-24(38-17-16-31-15-13-29-19-31)8-11-26(20)27(32)40-28(33)30-34/h2-11,13,15,18-19,27,34H,12,14,16-17H2,1H3,(H,30,33). The molecule has 3 aromatic carbocycles.